The van der Waals surface area contributed by atoms with Gasteiger partial charge in [-0.3, -0.25) is 9.59 Å². The number of rotatable bonds is 6. The van der Waals surface area contributed by atoms with Crippen LogP contribution >= 0.6 is 0 Å². The number of Topliss-reactive ketones (excluding diaryl/α,β-unsaturated/α-hetero) is 1. The predicted molar refractivity (Wildman–Crippen MR) is 148 cm³/mol. The maximum Gasteiger partial charge on any atom is 0.295 e. The maximum atomic E-state index is 13.6. The number of amides is 1. The molecule has 5 heterocycles. The summed E-state index contributed by atoms with van der Waals surface area (Å²) in [7, 11) is 3.45. The van der Waals surface area contributed by atoms with E-state index in [0.29, 0.717) is 54.2 Å². The standard InChI is InChI=1S/C29H28N8O3/c1-18-32-17-37(34-18)28-26-25(23(40-3)14-31-28)21(13-30-26)27(38)29(39)36-11-9-20(10-12-36)24(19-7-5-4-6-8-19)22-15-35(2)16-33-22/h4-8,13-17,30H,9-12H2,1-3H3. The minimum Gasteiger partial charge on any atom is -0.494 e. The van der Waals surface area contributed by atoms with Crippen LogP contribution in [0.2, 0.25) is 0 Å². The molecular formula is C29H28N8O3. The lowest BCUT2D eigenvalue weighted by molar-refractivity contribution is -0.126. The number of aromatic amines is 1. The van der Waals surface area contributed by atoms with Gasteiger partial charge in [0.05, 0.1) is 41.8 Å². The SMILES string of the molecule is COc1cnc(-n2cnc(C)n2)c2[nH]cc(C(=O)C(=O)N3CCC(=C(c4ccccc4)c4cn(C)cn4)CC3)c12. The average molecular weight is 537 g/mol. The Kier molecular flexibility index (Phi) is 6.47. The van der Waals surface area contributed by atoms with E-state index in [1.807, 2.05) is 36.0 Å². The van der Waals surface area contributed by atoms with Gasteiger partial charge in [-0.2, -0.15) is 5.10 Å². The number of hydrogen-bond acceptors (Lipinski definition) is 7. The van der Waals surface area contributed by atoms with Crippen molar-refractivity contribution in [3.05, 3.63) is 89.8 Å². The number of ether oxygens (including phenoxy) is 1. The van der Waals surface area contributed by atoms with Gasteiger partial charge in [0.25, 0.3) is 11.7 Å². The van der Waals surface area contributed by atoms with Crippen molar-refractivity contribution in [1.82, 2.24) is 39.2 Å². The van der Waals surface area contributed by atoms with Gasteiger partial charge in [0.1, 0.15) is 17.9 Å². The molecule has 1 saturated heterocycles. The second kappa shape index (κ2) is 10.3. The number of hydrogen-bond donors (Lipinski definition) is 1. The van der Waals surface area contributed by atoms with Gasteiger partial charge in [-0.15, -0.1) is 0 Å². The van der Waals surface area contributed by atoms with Crippen molar-refractivity contribution < 1.29 is 14.3 Å². The zero-order valence-electron chi connectivity index (χ0n) is 22.5. The molecule has 1 fully saturated rings. The third kappa shape index (κ3) is 4.45. The third-order valence-corrected chi connectivity index (χ3v) is 7.17. The molecule has 0 aliphatic carbocycles. The molecule has 0 unspecified atom stereocenters. The van der Waals surface area contributed by atoms with E-state index < -0.39 is 11.7 Å². The number of ketones is 1. The number of carbonyl (C=O) groups excluding carboxylic acids is 2. The van der Waals surface area contributed by atoms with Crippen LogP contribution in [0.25, 0.3) is 22.3 Å². The van der Waals surface area contributed by atoms with Crippen molar-refractivity contribution in [3.63, 3.8) is 0 Å². The number of imidazole rings is 1. The van der Waals surface area contributed by atoms with Crippen LogP contribution in [0, 0.1) is 6.92 Å². The average Bonchev–Trinajstić information content (AvgIpc) is 3.73. The summed E-state index contributed by atoms with van der Waals surface area (Å²) in [6, 6.07) is 10.2. The highest BCUT2D eigenvalue weighted by molar-refractivity contribution is 6.45. The fourth-order valence-corrected chi connectivity index (χ4v) is 5.23. The molecule has 11 heteroatoms. The predicted octanol–water partition coefficient (Wildman–Crippen LogP) is 3.50. The van der Waals surface area contributed by atoms with E-state index in [0.717, 1.165) is 16.8 Å². The monoisotopic (exact) mass is 536 g/mol. The van der Waals surface area contributed by atoms with E-state index in [9.17, 15) is 9.59 Å². The normalized spacial score (nSPS) is 13.6. The molecule has 1 aliphatic heterocycles. The number of methoxy groups -OCH3 is 1. The molecular weight excluding hydrogens is 508 g/mol. The number of nitrogens with zero attached hydrogens (tertiary/aromatic N) is 7. The molecule has 6 rings (SSSR count). The van der Waals surface area contributed by atoms with Gasteiger partial charge in [0.2, 0.25) is 0 Å². The number of aromatic nitrogens is 7. The van der Waals surface area contributed by atoms with Crippen LogP contribution in [0.3, 0.4) is 0 Å². The van der Waals surface area contributed by atoms with E-state index >= 15 is 0 Å². The Balaban J connectivity index is 1.28. The number of piperidine rings is 1. The summed E-state index contributed by atoms with van der Waals surface area (Å²) in [5, 5.41) is 4.81. The fraction of sp³-hybridized carbons (Fsp3) is 0.241. The Hall–Kier alpha value is -5.06. The lowest BCUT2D eigenvalue weighted by Gasteiger charge is -2.29. The first kappa shape index (κ1) is 25.2. The molecule has 4 aromatic heterocycles. The summed E-state index contributed by atoms with van der Waals surface area (Å²) >= 11 is 0. The summed E-state index contributed by atoms with van der Waals surface area (Å²) < 4.78 is 8.95. The molecule has 1 amide bonds. The second-order valence-electron chi connectivity index (χ2n) is 9.73. The van der Waals surface area contributed by atoms with Crippen molar-refractivity contribution in [3.8, 4) is 11.6 Å². The highest BCUT2D eigenvalue weighted by Gasteiger charge is 2.30. The summed E-state index contributed by atoms with van der Waals surface area (Å²) in [4.78, 5) is 44.9. The molecule has 11 nitrogen and oxygen atoms in total. The van der Waals surface area contributed by atoms with Crippen LogP contribution in [-0.4, -0.2) is 71.1 Å². The molecule has 0 radical (unpaired) electrons. The second-order valence-corrected chi connectivity index (χ2v) is 9.73. The van der Waals surface area contributed by atoms with Crippen molar-refractivity contribution in [2.45, 2.75) is 19.8 Å². The molecule has 5 aromatic rings. The van der Waals surface area contributed by atoms with E-state index in [2.05, 4.69) is 37.2 Å². The molecule has 0 bridgehead atoms. The Morgan fingerprint density at radius 1 is 1.02 bits per heavy atom. The van der Waals surface area contributed by atoms with Gasteiger partial charge in [0, 0.05) is 38.1 Å². The first-order chi connectivity index (χ1) is 19.4. The van der Waals surface area contributed by atoms with Crippen LogP contribution in [0.1, 0.15) is 40.3 Å². The molecule has 1 N–H and O–H groups in total. The first-order valence-corrected chi connectivity index (χ1v) is 13.0. The Morgan fingerprint density at radius 3 is 2.45 bits per heavy atom. The summed E-state index contributed by atoms with van der Waals surface area (Å²) in [5.74, 6) is 0.284. The van der Waals surface area contributed by atoms with Crippen molar-refractivity contribution >= 4 is 28.2 Å². The Bertz CT molecular complexity index is 1750. The van der Waals surface area contributed by atoms with E-state index in [1.54, 1.807) is 24.5 Å². The highest BCUT2D eigenvalue weighted by atomic mass is 16.5. The molecule has 0 atom stereocenters. The Labute approximate surface area is 230 Å². The van der Waals surface area contributed by atoms with Crippen molar-refractivity contribution in [1.29, 1.82) is 0 Å². The molecule has 40 heavy (non-hydrogen) atoms. The van der Waals surface area contributed by atoms with Crippen LogP contribution in [0.4, 0.5) is 0 Å². The minimum absolute atomic E-state index is 0.233. The Morgan fingerprint density at radius 2 is 1.80 bits per heavy atom. The highest BCUT2D eigenvalue weighted by Crippen LogP contribution is 2.34. The smallest absolute Gasteiger partial charge is 0.295 e. The minimum atomic E-state index is -0.600. The molecule has 0 spiro atoms. The van der Waals surface area contributed by atoms with E-state index in [4.69, 9.17) is 4.74 Å². The molecule has 1 aliphatic rings. The van der Waals surface area contributed by atoms with Crippen LogP contribution in [0.15, 0.2) is 67.2 Å². The largest absolute Gasteiger partial charge is 0.494 e. The van der Waals surface area contributed by atoms with Gasteiger partial charge in [-0.1, -0.05) is 35.9 Å². The van der Waals surface area contributed by atoms with Crippen LogP contribution < -0.4 is 4.74 Å². The van der Waals surface area contributed by atoms with Gasteiger partial charge < -0.3 is 19.2 Å². The van der Waals surface area contributed by atoms with Gasteiger partial charge in [0.15, 0.2) is 5.82 Å². The van der Waals surface area contributed by atoms with E-state index in [-0.39, 0.29) is 5.56 Å². The zero-order valence-corrected chi connectivity index (χ0v) is 22.5. The number of nitrogens with one attached hydrogen (secondary N) is 1. The number of aryl methyl sites for hydroxylation is 2. The molecule has 0 saturated carbocycles. The fourth-order valence-electron chi connectivity index (χ4n) is 5.23. The number of fused-ring (bicyclic) bond motifs is 1. The number of H-pyrrole nitrogens is 1. The quantitative estimate of drug-likeness (QED) is 0.260. The van der Waals surface area contributed by atoms with Crippen molar-refractivity contribution in [2.75, 3.05) is 20.2 Å². The third-order valence-electron chi connectivity index (χ3n) is 7.17. The van der Waals surface area contributed by atoms with Crippen LogP contribution in [-0.2, 0) is 11.8 Å². The van der Waals surface area contributed by atoms with Crippen molar-refractivity contribution in [2.24, 2.45) is 7.05 Å². The number of likely N-dealkylation sites (tertiary alicyclic amines) is 1. The van der Waals surface area contributed by atoms with Crippen LogP contribution in [0.5, 0.6) is 5.75 Å². The molecule has 202 valence electrons. The zero-order chi connectivity index (χ0) is 27.8. The summed E-state index contributed by atoms with van der Waals surface area (Å²) in [6.07, 6.45) is 9.69. The van der Waals surface area contributed by atoms with E-state index in [1.165, 1.54) is 29.8 Å². The van der Waals surface area contributed by atoms with Gasteiger partial charge in [-0.25, -0.2) is 19.6 Å². The lowest BCUT2D eigenvalue weighted by atomic mass is 9.91. The summed E-state index contributed by atoms with van der Waals surface area (Å²) in [5.41, 5.74) is 5.06. The van der Waals surface area contributed by atoms with Gasteiger partial charge >= 0.3 is 0 Å². The first-order valence-electron chi connectivity index (χ1n) is 13.0. The number of carbonyl (C=O) groups is 2. The maximum absolute atomic E-state index is 13.6. The number of pyridine rings is 1. The summed E-state index contributed by atoms with van der Waals surface area (Å²) in [6.45, 7) is 2.65. The topological polar surface area (TPSA) is 124 Å². The number of benzene rings is 1. The van der Waals surface area contributed by atoms with Gasteiger partial charge in [-0.05, 0) is 25.3 Å². The lowest BCUT2D eigenvalue weighted by Crippen LogP contribution is -2.40. The molecule has 1 aromatic carbocycles.